The third-order valence-corrected chi connectivity index (χ3v) is 3.58. The monoisotopic (exact) mass is 361 g/mol. The minimum atomic E-state index is -0.627. The van der Waals surface area contributed by atoms with Gasteiger partial charge in [-0.1, -0.05) is 48.5 Å². The molecule has 0 saturated carbocycles. The molecule has 0 spiro atoms. The summed E-state index contributed by atoms with van der Waals surface area (Å²) in [5.41, 5.74) is 7.13. The van der Waals surface area contributed by atoms with E-state index in [4.69, 9.17) is 5.73 Å². The lowest BCUT2D eigenvalue weighted by atomic mass is 10.0. The van der Waals surface area contributed by atoms with E-state index in [1.165, 1.54) is 0 Å². The van der Waals surface area contributed by atoms with Crippen molar-refractivity contribution in [3.05, 3.63) is 66.2 Å². The Kier molecular flexibility index (Phi) is 9.29. The van der Waals surface area contributed by atoms with Gasteiger partial charge >= 0.3 is 0 Å². The molecule has 2 aromatic rings. The molecule has 6 heteroatoms. The van der Waals surface area contributed by atoms with Gasteiger partial charge in [0.05, 0.1) is 0 Å². The molecule has 2 aromatic carbocycles. The summed E-state index contributed by atoms with van der Waals surface area (Å²) in [5, 5.41) is 5.66. The maximum atomic E-state index is 12.6. The Bertz CT molecular complexity index is 650. The zero-order valence-electron chi connectivity index (χ0n) is 14.0. The number of nitrogens with one attached hydrogen (secondary N) is 2. The standard InChI is InChI=1S/C19H23N3O2.ClH/c20-13-7-12-18(23)22-17(14-15-8-3-1-4-9-15)19(24)21-16-10-5-2-6-11-16;/h1-6,8-11,17H,7,12-14,20H2,(H,21,24)(H,22,23);1H. The third-order valence-electron chi connectivity index (χ3n) is 3.58. The van der Waals surface area contributed by atoms with Crippen LogP contribution in [-0.4, -0.2) is 24.4 Å². The fourth-order valence-electron chi connectivity index (χ4n) is 2.34. The first-order valence-corrected chi connectivity index (χ1v) is 8.08. The van der Waals surface area contributed by atoms with Crippen molar-refractivity contribution in [1.29, 1.82) is 0 Å². The average molecular weight is 362 g/mol. The minimum absolute atomic E-state index is 0. The minimum Gasteiger partial charge on any atom is -0.344 e. The van der Waals surface area contributed by atoms with Gasteiger partial charge in [0.2, 0.25) is 11.8 Å². The summed E-state index contributed by atoms with van der Waals surface area (Å²) >= 11 is 0. The van der Waals surface area contributed by atoms with Gasteiger partial charge in [0.15, 0.2) is 0 Å². The van der Waals surface area contributed by atoms with Crippen molar-refractivity contribution >= 4 is 29.9 Å². The largest absolute Gasteiger partial charge is 0.344 e. The third kappa shape index (κ3) is 7.37. The SMILES string of the molecule is Cl.NCCCC(=O)NC(Cc1ccccc1)C(=O)Nc1ccccc1. The van der Waals surface area contributed by atoms with Gasteiger partial charge in [-0.05, 0) is 30.7 Å². The van der Waals surface area contributed by atoms with Crippen LogP contribution >= 0.6 is 12.4 Å². The number of hydrogen-bond acceptors (Lipinski definition) is 3. The lowest BCUT2D eigenvalue weighted by Gasteiger charge is -2.19. The fourth-order valence-corrected chi connectivity index (χ4v) is 2.34. The maximum absolute atomic E-state index is 12.6. The van der Waals surface area contributed by atoms with Crippen LogP contribution < -0.4 is 16.4 Å². The first-order chi connectivity index (χ1) is 11.7. The summed E-state index contributed by atoms with van der Waals surface area (Å²) in [4.78, 5) is 24.6. The van der Waals surface area contributed by atoms with Crippen molar-refractivity contribution in [1.82, 2.24) is 5.32 Å². The van der Waals surface area contributed by atoms with Crippen LogP contribution in [0.2, 0.25) is 0 Å². The lowest BCUT2D eigenvalue weighted by molar-refractivity contribution is -0.126. The van der Waals surface area contributed by atoms with Crippen LogP contribution in [0.15, 0.2) is 60.7 Å². The van der Waals surface area contributed by atoms with Crippen molar-refractivity contribution in [2.24, 2.45) is 5.73 Å². The molecule has 0 heterocycles. The van der Waals surface area contributed by atoms with Crippen molar-refractivity contribution in [3.8, 4) is 0 Å². The van der Waals surface area contributed by atoms with Crippen LogP contribution in [0.25, 0.3) is 0 Å². The zero-order valence-corrected chi connectivity index (χ0v) is 14.8. The first-order valence-electron chi connectivity index (χ1n) is 8.08. The highest BCUT2D eigenvalue weighted by Crippen LogP contribution is 2.09. The highest BCUT2D eigenvalue weighted by atomic mass is 35.5. The second-order valence-corrected chi connectivity index (χ2v) is 5.56. The van der Waals surface area contributed by atoms with E-state index in [0.717, 1.165) is 5.56 Å². The quantitative estimate of drug-likeness (QED) is 0.675. The summed E-state index contributed by atoms with van der Waals surface area (Å²) in [6, 6.07) is 18.2. The van der Waals surface area contributed by atoms with Crippen molar-refractivity contribution in [2.75, 3.05) is 11.9 Å². The summed E-state index contributed by atoms with van der Waals surface area (Å²) < 4.78 is 0. The molecule has 0 fully saturated rings. The van der Waals surface area contributed by atoms with Gasteiger partial charge in [-0.2, -0.15) is 0 Å². The Hall–Kier alpha value is -2.37. The number of carbonyl (C=O) groups excluding carboxylic acids is 2. The van der Waals surface area contributed by atoms with Gasteiger partial charge < -0.3 is 16.4 Å². The molecule has 1 atom stereocenters. The van der Waals surface area contributed by atoms with E-state index in [-0.39, 0.29) is 24.2 Å². The highest BCUT2D eigenvalue weighted by Gasteiger charge is 2.21. The highest BCUT2D eigenvalue weighted by molar-refractivity contribution is 5.97. The number of anilines is 1. The average Bonchev–Trinajstić information content (AvgIpc) is 2.61. The predicted octanol–water partition coefficient (Wildman–Crippen LogP) is 2.51. The molecule has 1 unspecified atom stereocenters. The molecule has 25 heavy (non-hydrogen) atoms. The number of nitrogens with two attached hydrogens (primary N) is 1. The molecular weight excluding hydrogens is 338 g/mol. The number of amides is 2. The van der Waals surface area contributed by atoms with Gasteiger partial charge in [0, 0.05) is 18.5 Å². The van der Waals surface area contributed by atoms with E-state index in [1.807, 2.05) is 60.7 Å². The molecule has 0 bridgehead atoms. The van der Waals surface area contributed by atoms with Gasteiger partial charge in [0.1, 0.15) is 6.04 Å². The van der Waals surface area contributed by atoms with Crippen LogP contribution in [-0.2, 0) is 16.0 Å². The molecule has 4 N–H and O–H groups in total. The van der Waals surface area contributed by atoms with E-state index in [0.29, 0.717) is 31.5 Å². The Morgan fingerprint density at radius 3 is 2.16 bits per heavy atom. The van der Waals surface area contributed by atoms with Crippen molar-refractivity contribution < 1.29 is 9.59 Å². The molecule has 0 aliphatic rings. The second-order valence-electron chi connectivity index (χ2n) is 5.56. The predicted molar refractivity (Wildman–Crippen MR) is 103 cm³/mol. The van der Waals surface area contributed by atoms with E-state index in [1.54, 1.807) is 0 Å². The van der Waals surface area contributed by atoms with Crippen LogP contribution in [0.5, 0.6) is 0 Å². The summed E-state index contributed by atoms with van der Waals surface area (Å²) in [6.07, 6.45) is 1.36. The van der Waals surface area contributed by atoms with E-state index >= 15 is 0 Å². The number of carbonyl (C=O) groups is 2. The van der Waals surface area contributed by atoms with Gasteiger partial charge in [-0.25, -0.2) is 0 Å². The molecular formula is C19H24ClN3O2. The number of hydrogen-bond donors (Lipinski definition) is 3. The van der Waals surface area contributed by atoms with Crippen molar-refractivity contribution in [3.63, 3.8) is 0 Å². The van der Waals surface area contributed by atoms with Crippen molar-refractivity contribution in [2.45, 2.75) is 25.3 Å². The molecule has 0 aliphatic heterocycles. The number of benzene rings is 2. The zero-order chi connectivity index (χ0) is 17.2. The molecule has 5 nitrogen and oxygen atoms in total. The first kappa shape index (κ1) is 20.7. The lowest BCUT2D eigenvalue weighted by Crippen LogP contribution is -2.45. The molecule has 0 radical (unpaired) electrons. The normalized spacial score (nSPS) is 11.1. The second kappa shape index (κ2) is 11.2. The van der Waals surface area contributed by atoms with E-state index < -0.39 is 6.04 Å². The fraction of sp³-hybridized carbons (Fsp3) is 0.263. The summed E-state index contributed by atoms with van der Waals surface area (Å²) in [6.45, 7) is 0.451. The van der Waals surface area contributed by atoms with E-state index in [2.05, 4.69) is 10.6 Å². The van der Waals surface area contributed by atoms with Crippen LogP contribution in [0.1, 0.15) is 18.4 Å². The maximum Gasteiger partial charge on any atom is 0.247 e. The molecule has 2 amide bonds. The smallest absolute Gasteiger partial charge is 0.247 e. The van der Waals surface area contributed by atoms with Crippen LogP contribution in [0.4, 0.5) is 5.69 Å². The van der Waals surface area contributed by atoms with Crippen LogP contribution in [0, 0.1) is 0 Å². The van der Waals surface area contributed by atoms with Gasteiger partial charge in [0.25, 0.3) is 0 Å². The summed E-state index contributed by atoms with van der Waals surface area (Å²) in [7, 11) is 0. The Morgan fingerprint density at radius 2 is 1.56 bits per heavy atom. The Morgan fingerprint density at radius 1 is 0.960 bits per heavy atom. The van der Waals surface area contributed by atoms with Crippen LogP contribution in [0.3, 0.4) is 0 Å². The molecule has 134 valence electrons. The Balaban J connectivity index is 0.00000312. The molecule has 0 aliphatic carbocycles. The van der Waals surface area contributed by atoms with E-state index in [9.17, 15) is 9.59 Å². The molecule has 0 aromatic heterocycles. The topological polar surface area (TPSA) is 84.2 Å². The molecule has 0 saturated heterocycles. The number of rotatable bonds is 8. The number of halogens is 1. The molecule has 2 rings (SSSR count). The summed E-state index contributed by atoms with van der Waals surface area (Å²) in [5.74, 6) is -0.393. The van der Waals surface area contributed by atoms with Gasteiger partial charge in [-0.3, -0.25) is 9.59 Å². The number of para-hydroxylation sites is 1. The van der Waals surface area contributed by atoms with Gasteiger partial charge in [-0.15, -0.1) is 12.4 Å². The Labute approximate surface area is 154 Å².